The maximum absolute atomic E-state index is 11.7. The molecule has 0 fully saturated rings. The van der Waals surface area contributed by atoms with Crippen molar-refractivity contribution in [1.82, 2.24) is 0 Å². The van der Waals surface area contributed by atoms with Crippen molar-refractivity contribution in [2.45, 2.75) is 0 Å². The number of methoxy groups -OCH3 is 1. The van der Waals surface area contributed by atoms with Gasteiger partial charge in [-0.1, -0.05) is 60.7 Å². The largest absolute Gasteiger partial charge is 0.486 e. The lowest BCUT2D eigenvalue weighted by atomic mass is 9.93. The molecule has 0 radical (unpaired) electrons. The van der Waals surface area contributed by atoms with Crippen LogP contribution in [0.1, 0.15) is 15.9 Å². The Balaban J connectivity index is 2.14. The highest BCUT2D eigenvalue weighted by molar-refractivity contribution is 7.80. The second kappa shape index (κ2) is 7.20. The molecule has 3 rings (SSSR count). The molecule has 0 aliphatic rings. The number of hydrogen-bond acceptors (Lipinski definition) is 3. The Morgan fingerprint density at radius 3 is 2.29 bits per heavy atom. The zero-order valence-corrected chi connectivity index (χ0v) is 14.0. The van der Waals surface area contributed by atoms with Crippen molar-refractivity contribution in [1.29, 1.82) is 0 Å². The number of thiocarbonyl (C=S) groups is 1. The topological polar surface area (TPSA) is 26.3 Å². The molecule has 3 aromatic rings. The van der Waals surface area contributed by atoms with Gasteiger partial charge in [-0.15, -0.1) is 0 Å². The molecule has 0 aromatic heterocycles. The smallest absolute Gasteiger partial charge is 0.191 e. The first kappa shape index (κ1) is 16.1. The molecule has 2 nitrogen and oxygen atoms in total. The van der Waals surface area contributed by atoms with Crippen LogP contribution in [-0.2, 0) is 4.74 Å². The van der Waals surface area contributed by atoms with Crippen LogP contribution >= 0.6 is 12.2 Å². The van der Waals surface area contributed by atoms with E-state index in [2.05, 4.69) is 0 Å². The molecule has 0 heterocycles. The van der Waals surface area contributed by atoms with E-state index in [4.69, 9.17) is 17.0 Å². The van der Waals surface area contributed by atoms with Crippen molar-refractivity contribution in [2.24, 2.45) is 0 Å². The summed E-state index contributed by atoms with van der Waals surface area (Å²) < 4.78 is 5.21. The number of benzene rings is 3. The van der Waals surface area contributed by atoms with Gasteiger partial charge in [0.1, 0.15) is 0 Å². The summed E-state index contributed by atoms with van der Waals surface area (Å²) in [5, 5.41) is 0.412. The maximum atomic E-state index is 11.7. The number of aldehydes is 1. The first-order valence-corrected chi connectivity index (χ1v) is 7.98. The molecule has 0 amide bonds. The zero-order chi connectivity index (χ0) is 16.9. The van der Waals surface area contributed by atoms with E-state index in [1.807, 2.05) is 72.8 Å². The van der Waals surface area contributed by atoms with Crippen LogP contribution in [0.5, 0.6) is 0 Å². The summed E-state index contributed by atoms with van der Waals surface area (Å²) in [6, 6.07) is 23.6. The van der Waals surface area contributed by atoms with Gasteiger partial charge in [0.15, 0.2) is 11.3 Å². The lowest BCUT2D eigenvalue weighted by Crippen LogP contribution is -2.03. The van der Waals surface area contributed by atoms with Gasteiger partial charge in [0, 0.05) is 11.1 Å². The van der Waals surface area contributed by atoms with Gasteiger partial charge in [0.25, 0.3) is 0 Å². The van der Waals surface area contributed by atoms with Gasteiger partial charge in [-0.05, 0) is 46.6 Å². The summed E-state index contributed by atoms with van der Waals surface area (Å²) in [4.78, 5) is 11.7. The Morgan fingerprint density at radius 2 is 1.58 bits per heavy atom. The van der Waals surface area contributed by atoms with Crippen LogP contribution in [0.2, 0.25) is 0 Å². The van der Waals surface area contributed by atoms with Gasteiger partial charge in [0.05, 0.1) is 7.11 Å². The second-order valence-electron chi connectivity index (χ2n) is 5.32. The fourth-order valence-electron chi connectivity index (χ4n) is 2.72. The van der Waals surface area contributed by atoms with Gasteiger partial charge >= 0.3 is 0 Å². The molecular weight excluding hydrogens is 316 g/mol. The highest BCUT2D eigenvalue weighted by Crippen LogP contribution is 2.30. The van der Waals surface area contributed by atoms with Crippen LogP contribution in [0.3, 0.4) is 0 Å². The summed E-state index contributed by atoms with van der Waals surface area (Å²) >= 11 is 5.28. The monoisotopic (exact) mass is 332 g/mol. The molecule has 0 N–H and O–H groups in total. The Labute approximate surface area is 146 Å². The minimum atomic E-state index is 0.412. The predicted molar refractivity (Wildman–Crippen MR) is 101 cm³/mol. The van der Waals surface area contributed by atoms with Gasteiger partial charge in [-0.2, -0.15) is 0 Å². The third-order valence-corrected chi connectivity index (χ3v) is 4.29. The lowest BCUT2D eigenvalue weighted by molar-refractivity contribution is 0.112. The second-order valence-corrected chi connectivity index (χ2v) is 5.69. The highest BCUT2D eigenvalue weighted by Gasteiger charge is 2.13. The summed E-state index contributed by atoms with van der Waals surface area (Å²) in [6.07, 6.45) is 0.883. The third-order valence-electron chi connectivity index (χ3n) is 3.91. The van der Waals surface area contributed by atoms with E-state index in [9.17, 15) is 4.79 Å². The van der Waals surface area contributed by atoms with Crippen LogP contribution in [0.15, 0.2) is 72.8 Å². The lowest BCUT2D eigenvalue weighted by Gasteiger charge is -2.13. The minimum Gasteiger partial charge on any atom is -0.486 e. The zero-order valence-electron chi connectivity index (χ0n) is 13.2. The molecule has 0 bridgehead atoms. The Morgan fingerprint density at radius 1 is 0.875 bits per heavy atom. The molecule has 3 aromatic carbocycles. The number of hydrogen-bond donors (Lipinski definition) is 0. The Hall–Kier alpha value is -2.78. The SMILES string of the molecule is COC(=S)c1ccccc1-c1ccc(-c2ccccc2)cc1C=O. The van der Waals surface area contributed by atoms with Crippen molar-refractivity contribution in [2.75, 3.05) is 7.11 Å². The molecule has 0 aliphatic heterocycles. The average molecular weight is 332 g/mol. The van der Waals surface area contributed by atoms with Crippen LogP contribution in [0.4, 0.5) is 0 Å². The summed E-state index contributed by atoms with van der Waals surface area (Å²) in [5.41, 5.74) is 5.26. The number of rotatable bonds is 4. The molecule has 0 saturated carbocycles. The van der Waals surface area contributed by atoms with Crippen LogP contribution in [-0.4, -0.2) is 18.4 Å². The summed E-state index contributed by atoms with van der Waals surface area (Å²) in [6.45, 7) is 0. The van der Waals surface area contributed by atoms with E-state index in [-0.39, 0.29) is 0 Å². The van der Waals surface area contributed by atoms with Crippen molar-refractivity contribution >= 4 is 23.6 Å². The Bertz CT molecular complexity index is 885. The average Bonchev–Trinajstić information content (AvgIpc) is 2.67. The summed E-state index contributed by atoms with van der Waals surface area (Å²) in [7, 11) is 1.55. The van der Waals surface area contributed by atoms with Crippen molar-refractivity contribution in [3.8, 4) is 22.3 Å². The molecular formula is C21H16O2S. The van der Waals surface area contributed by atoms with Gasteiger partial charge in [-0.25, -0.2) is 0 Å². The van der Waals surface area contributed by atoms with Gasteiger partial charge < -0.3 is 4.74 Å². The third kappa shape index (κ3) is 3.12. The quantitative estimate of drug-likeness (QED) is 0.488. The molecule has 0 aliphatic carbocycles. The van der Waals surface area contributed by atoms with E-state index in [1.165, 1.54) is 0 Å². The van der Waals surface area contributed by atoms with Crippen molar-refractivity contribution < 1.29 is 9.53 Å². The maximum Gasteiger partial charge on any atom is 0.191 e. The Kier molecular flexibility index (Phi) is 4.82. The van der Waals surface area contributed by atoms with Gasteiger partial charge in [0.2, 0.25) is 0 Å². The van der Waals surface area contributed by atoms with Crippen LogP contribution in [0, 0.1) is 0 Å². The van der Waals surface area contributed by atoms with Gasteiger partial charge in [-0.3, -0.25) is 4.79 Å². The van der Waals surface area contributed by atoms with Crippen LogP contribution < -0.4 is 0 Å². The standard InChI is InChI=1S/C21H16O2S/c1-23-21(24)20-10-6-5-9-19(20)18-12-11-16(13-17(18)14-22)15-7-3-2-4-8-15/h2-14H,1H3. The fourth-order valence-corrected chi connectivity index (χ4v) is 2.90. The minimum absolute atomic E-state index is 0.412. The van der Waals surface area contributed by atoms with E-state index < -0.39 is 0 Å². The van der Waals surface area contributed by atoms with Crippen molar-refractivity contribution in [3.63, 3.8) is 0 Å². The first-order valence-electron chi connectivity index (χ1n) is 7.57. The molecule has 118 valence electrons. The molecule has 3 heteroatoms. The van der Waals surface area contributed by atoms with E-state index in [0.29, 0.717) is 10.6 Å². The first-order chi connectivity index (χ1) is 11.7. The fraction of sp³-hybridized carbons (Fsp3) is 0.0476. The summed E-state index contributed by atoms with van der Waals surface area (Å²) in [5.74, 6) is 0. The molecule has 0 saturated heterocycles. The molecule has 0 spiro atoms. The van der Waals surface area contributed by atoms with E-state index in [0.717, 1.165) is 34.1 Å². The molecule has 24 heavy (non-hydrogen) atoms. The van der Waals surface area contributed by atoms with E-state index in [1.54, 1.807) is 7.11 Å². The number of carbonyl (C=O) groups is 1. The highest BCUT2D eigenvalue weighted by atomic mass is 32.1. The van der Waals surface area contributed by atoms with Crippen LogP contribution in [0.25, 0.3) is 22.3 Å². The number of ether oxygens (including phenoxy) is 1. The number of carbonyl (C=O) groups excluding carboxylic acids is 1. The van der Waals surface area contributed by atoms with E-state index >= 15 is 0 Å². The predicted octanol–water partition coefficient (Wildman–Crippen LogP) is 5.16. The molecule has 0 unspecified atom stereocenters. The molecule has 0 atom stereocenters. The normalized spacial score (nSPS) is 10.2. The van der Waals surface area contributed by atoms with Crippen molar-refractivity contribution in [3.05, 3.63) is 83.9 Å².